The molecule has 3 heteroatoms. The summed E-state index contributed by atoms with van der Waals surface area (Å²) in [6.07, 6.45) is 2.91. The zero-order valence-electron chi connectivity index (χ0n) is 13.2. The van der Waals surface area contributed by atoms with Gasteiger partial charge in [-0.05, 0) is 47.1 Å². The summed E-state index contributed by atoms with van der Waals surface area (Å²) in [5, 5.41) is 0. The highest BCUT2D eigenvalue weighted by Gasteiger charge is 2.61. The summed E-state index contributed by atoms with van der Waals surface area (Å²) < 4.78 is 0. The van der Waals surface area contributed by atoms with Crippen molar-refractivity contribution in [1.29, 1.82) is 0 Å². The smallest absolute Gasteiger partial charge is 0.0174 e. The highest BCUT2D eigenvalue weighted by Crippen LogP contribution is 2.58. The number of likely N-dealkylation sites (tertiary alicyclic amines) is 1. The van der Waals surface area contributed by atoms with E-state index in [0.717, 1.165) is 18.1 Å². The molecule has 3 rings (SSSR count). The maximum Gasteiger partial charge on any atom is 0.0174 e. The lowest BCUT2D eigenvalue weighted by atomic mass is 10.0. The summed E-state index contributed by atoms with van der Waals surface area (Å²) in [5.41, 5.74) is 0.685. The van der Waals surface area contributed by atoms with E-state index in [4.69, 9.17) is 0 Å². The summed E-state index contributed by atoms with van der Waals surface area (Å²) in [6.45, 7) is 17.2. The number of piperidine rings is 1. The van der Waals surface area contributed by atoms with Crippen LogP contribution in [0.2, 0.25) is 0 Å². The Balaban J connectivity index is 1.49. The zero-order chi connectivity index (χ0) is 13.6. The molecule has 0 N–H and O–H groups in total. The maximum absolute atomic E-state index is 2.74. The quantitative estimate of drug-likeness (QED) is 0.768. The van der Waals surface area contributed by atoms with Gasteiger partial charge in [-0.15, -0.1) is 0 Å². The van der Waals surface area contributed by atoms with Crippen molar-refractivity contribution in [2.75, 3.05) is 39.3 Å². The standard InChI is InChI=1S/C16H31N3/c1-13(2)18-9-7-17(8-10-18)12-16-5-6-19(14(3)4)15(16)11-16/h13-15H,5-12H2,1-4H3/t15-,16+/m1/s1. The van der Waals surface area contributed by atoms with Crippen molar-refractivity contribution in [3.63, 3.8) is 0 Å². The van der Waals surface area contributed by atoms with Gasteiger partial charge in [-0.25, -0.2) is 0 Å². The first kappa shape index (κ1) is 13.8. The molecule has 0 unspecified atom stereocenters. The van der Waals surface area contributed by atoms with E-state index < -0.39 is 0 Å². The van der Waals surface area contributed by atoms with Crippen LogP contribution in [0.1, 0.15) is 40.5 Å². The number of nitrogens with zero attached hydrogens (tertiary/aromatic N) is 3. The molecular weight excluding hydrogens is 234 g/mol. The lowest BCUT2D eigenvalue weighted by Gasteiger charge is -2.38. The molecule has 0 aromatic carbocycles. The highest BCUT2D eigenvalue weighted by atomic mass is 15.3. The molecule has 3 nitrogen and oxygen atoms in total. The van der Waals surface area contributed by atoms with Crippen LogP contribution >= 0.6 is 0 Å². The third kappa shape index (κ3) is 2.57. The van der Waals surface area contributed by atoms with Crippen LogP contribution in [0.25, 0.3) is 0 Å². The molecule has 0 amide bonds. The summed E-state index contributed by atoms with van der Waals surface area (Å²) in [4.78, 5) is 8.10. The van der Waals surface area contributed by atoms with E-state index in [1.54, 1.807) is 0 Å². The largest absolute Gasteiger partial charge is 0.300 e. The number of rotatable bonds is 4. The van der Waals surface area contributed by atoms with Gasteiger partial charge in [0.05, 0.1) is 0 Å². The van der Waals surface area contributed by atoms with Crippen LogP contribution in [0.3, 0.4) is 0 Å². The van der Waals surface area contributed by atoms with Crippen molar-refractivity contribution in [2.45, 2.75) is 58.7 Å². The van der Waals surface area contributed by atoms with Crippen LogP contribution in [-0.2, 0) is 0 Å². The van der Waals surface area contributed by atoms with Crippen molar-refractivity contribution >= 4 is 0 Å². The summed E-state index contributed by atoms with van der Waals surface area (Å²) in [7, 11) is 0. The SMILES string of the molecule is CC(C)N1CCN(C[C@@]23CCN(C(C)C)[C@@H]2C3)CC1. The van der Waals surface area contributed by atoms with Crippen LogP contribution in [-0.4, -0.2) is 72.1 Å². The van der Waals surface area contributed by atoms with Gasteiger partial charge in [0.15, 0.2) is 0 Å². The first-order valence-corrected chi connectivity index (χ1v) is 8.24. The molecule has 0 radical (unpaired) electrons. The van der Waals surface area contributed by atoms with Crippen molar-refractivity contribution < 1.29 is 0 Å². The molecule has 1 aliphatic carbocycles. The molecule has 2 heterocycles. The first-order valence-electron chi connectivity index (χ1n) is 8.24. The topological polar surface area (TPSA) is 9.72 Å². The monoisotopic (exact) mass is 265 g/mol. The minimum Gasteiger partial charge on any atom is -0.300 e. The Morgan fingerprint density at radius 1 is 0.947 bits per heavy atom. The third-order valence-electron chi connectivity index (χ3n) is 5.75. The Labute approximate surface area is 118 Å². The molecule has 110 valence electrons. The second-order valence-electron chi connectivity index (χ2n) is 7.57. The molecule has 3 fully saturated rings. The average Bonchev–Trinajstić information content (AvgIpc) is 2.94. The van der Waals surface area contributed by atoms with Crippen LogP contribution in [0.4, 0.5) is 0 Å². The highest BCUT2D eigenvalue weighted by molar-refractivity contribution is 5.15. The van der Waals surface area contributed by atoms with Crippen LogP contribution in [0.5, 0.6) is 0 Å². The van der Waals surface area contributed by atoms with Gasteiger partial charge >= 0.3 is 0 Å². The Morgan fingerprint density at radius 3 is 2.11 bits per heavy atom. The van der Waals surface area contributed by atoms with Gasteiger partial charge in [0.1, 0.15) is 0 Å². The number of piperazine rings is 1. The van der Waals surface area contributed by atoms with Crippen LogP contribution in [0, 0.1) is 5.41 Å². The normalized spacial score (nSPS) is 37.3. The predicted octanol–water partition coefficient (Wildman–Crippen LogP) is 1.89. The lowest BCUT2D eigenvalue weighted by molar-refractivity contribution is 0.0927. The van der Waals surface area contributed by atoms with E-state index in [1.807, 2.05) is 0 Å². The van der Waals surface area contributed by atoms with Crippen molar-refractivity contribution in [1.82, 2.24) is 14.7 Å². The Morgan fingerprint density at radius 2 is 1.63 bits per heavy atom. The molecule has 19 heavy (non-hydrogen) atoms. The van der Waals surface area contributed by atoms with Gasteiger partial charge in [0.2, 0.25) is 0 Å². The number of hydrogen-bond donors (Lipinski definition) is 0. The molecule has 0 spiro atoms. The van der Waals surface area contributed by atoms with Gasteiger partial charge in [0, 0.05) is 56.3 Å². The molecule has 2 saturated heterocycles. The molecule has 1 saturated carbocycles. The molecule has 0 aromatic rings. The molecular formula is C16H31N3. The Bertz CT molecular complexity index is 320. The second kappa shape index (κ2) is 5.01. The average molecular weight is 265 g/mol. The Kier molecular flexibility index (Phi) is 3.65. The first-order chi connectivity index (χ1) is 9.02. The zero-order valence-corrected chi connectivity index (χ0v) is 13.2. The lowest BCUT2D eigenvalue weighted by Crippen LogP contribution is -2.50. The molecule has 3 aliphatic rings. The fourth-order valence-corrected chi connectivity index (χ4v) is 4.32. The van der Waals surface area contributed by atoms with Gasteiger partial charge in [-0.1, -0.05) is 0 Å². The van der Waals surface area contributed by atoms with E-state index in [9.17, 15) is 0 Å². The minimum absolute atomic E-state index is 0.685. The van der Waals surface area contributed by atoms with Crippen LogP contribution < -0.4 is 0 Å². The fourth-order valence-electron chi connectivity index (χ4n) is 4.32. The third-order valence-corrected chi connectivity index (χ3v) is 5.75. The van der Waals surface area contributed by atoms with Gasteiger partial charge in [-0.2, -0.15) is 0 Å². The van der Waals surface area contributed by atoms with Crippen molar-refractivity contribution in [3.8, 4) is 0 Å². The van der Waals surface area contributed by atoms with Gasteiger partial charge in [-0.3, -0.25) is 9.80 Å². The van der Waals surface area contributed by atoms with Crippen molar-refractivity contribution in [2.24, 2.45) is 5.41 Å². The fraction of sp³-hybridized carbons (Fsp3) is 1.00. The van der Waals surface area contributed by atoms with Gasteiger partial charge in [0.25, 0.3) is 0 Å². The van der Waals surface area contributed by atoms with Crippen LogP contribution in [0.15, 0.2) is 0 Å². The molecule has 2 atom stereocenters. The summed E-state index contributed by atoms with van der Waals surface area (Å²) in [5.74, 6) is 0. The second-order valence-corrected chi connectivity index (χ2v) is 7.57. The van der Waals surface area contributed by atoms with E-state index in [-0.39, 0.29) is 0 Å². The summed E-state index contributed by atoms with van der Waals surface area (Å²) in [6, 6.07) is 2.37. The number of fused-ring (bicyclic) bond motifs is 1. The molecule has 2 aliphatic heterocycles. The summed E-state index contributed by atoms with van der Waals surface area (Å²) >= 11 is 0. The minimum atomic E-state index is 0.685. The van der Waals surface area contributed by atoms with E-state index in [0.29, 0.717) is 5.41 Å². The van der Waals surface area contributed by atoms with Gasteiger partial charge < -0.3 is 4.90 Å². The maximum atomic E-state index is 2.74. The Hall–Kier alpha value is -0.120. The van der Waals surface area contributed by atoms with E-state index >= 15 is 0 Å². The molecule has 0 aromatic heterocycles. The molecule has 0 bridgehead atoms. The number of hydrogen-bond acceptors (Lipinski definition) is 3. The van der Waals surface area contributed by atoms with E-state index in [2.05, 4.69) is 42.4 Å². The van der Waals surface area contributed by atoms with Crippen molar-refractivity contribution in [3.05, 3.63) is 0 Å². The van der Waals surface area contributed by atoms with E-state index in [1.165, 1.54) is 52.1 Å². The predicted molar refractivity (Wildman–Crippen MR) is 80.4 cm³/mol.